The maximum atomic E-state index is 12.5. The first-order valence-electron chi connectivity index (χ1n) is 7.58. The van der Waals surface area contributed by atoms with E-state index >= 15 is 0 Å². The van der Waals surface area contributed by atoms with E-state index in [4.69, 9.17) is 4.74 Å². The highest BCUT2D eigenvalue weighted by atomic mass is 32.2. The third-order valence-electron chi connectivity index (χ3n) is 4.59. The fourth-order valence-corrected chi connectivity index (χ4v) is 5.67. The van der Waals surface area contributed by atoms with Crippen molar-refractivity contribution in [1.29, 1.82) is 0 Å². The topological polar surface area (TPSA) is 66.9 Å². The second-order valence-electron chi connectivity index (χ2n) is 5.78. The van der Waals surface area contributed by atoms with Gasteiger partial charge in [0.15, 0.2) is 0 Å². The number of likely N-dealkylation sites (tertiary alicyclic amines) is 1. The number of thiophene rings is 1. The molecule has 1 spiro atoms. The highest BCUT2D eigenvalue weighted by Gasteiger charge is 2.52. The van der Waals surface area contributed by atoms with Gasteiger partial charge in [-0.15, -0.1) is 0 Å². The Kier molecular flexibility index (Phi) is 4.84. The van der Waals surface area contributed by atoms with Crippen LogP contribution >= 0.6 is 11.3 Å². The minimum Gasteiger partial charge on any atom is -0.383 e. The number of hydrogen-bond acceptors (Lipinski definition) is 5. The van der Waals surface area contributed by atoms with Crippen LogP contribution in [0.3, 0.4) is 0 Å². The summed E-state index contributed by atoms with van der Waals surface area (Å²) in [6.07, 6.45) is 1.12. The summed E-state index contributed by atoms with van der Waals surface area (Å²) in [6.45, 7) is 1.94. The van der Waals surface area contributed by atoms with E-state index in [0.717, 1.165) is 0 Å². The summed E-state index contributed by atoms with van der Waals surface area (Å²) in [6, 6.07) is 1.82. The molecule has 2 saturated heterocycles. The Labute approximate surface area is 141 Å². The lowest BCUT2D eigenvalue weighted by Gasteiger charge is -2.43. The third kappa shape index (κ3) is 2.95. The SMILES string of the molecule is COCCN1C(=O)CS(=O)C12CCN(C(=O)c1ccsc1)CC2. The van der Waals surface area contributed by atoms with E-state index in [-0.39, 0.29) is 17.6 Å². The van der Waals surface area contributed by atoms with Gasteiger partial charge in [-0.1, -0.05) is 0 Å². The molecule has 3 rings (SSSR count). The highest BCUT2D eigenvalue weighted by molar-refractivity contribution is 7.87. The maximum absolute atomic E-state index is 12.5. The van der Waals surface area contributed by atoms with Gasteiger partial charge in [0, 0.05) is 45.0 Å². The van der Waals surface area contributed by atoms with Crippen molar-refractivity contribution in [3.05, 3.63) is 22.4 Å². The molecule has 1 atom stereocenters. The highest BCUT2D eigenvalue weighted by Crippen LogP contribution is 2.37. The van der Waals surface area contributed by atoms with Crippen LogP contribution in [0.4, 0.5) is 0 Å². The average Bonchev–Trinajstić information content (AvgIpc) is 3.15. The molecule has 0 bridgehead atoms. The van der Waals surface area contributed by atoms with Gasteiger partial charge in [0.25, 0.3) is 5.91 Å². The van der Waals surface area contributed by atoms with Crippen molar-refractivity contribution in [3.63, 3.8) is 0 Å². The van der Waals surface area contributed by atoms with E-state index in [9.17, 15) is 13.8 Å². The minimum absolute atomic E-state index is 0.0136. The second kappa shape index (κ2) is 6.70. The van der Waals surface area contributed by atoms with Gasteiger partial charge in [0.05, 0.1) is 23.0 Å². The molecule has 1 aromatic rings. The predicted molar refractivity (Wildman–Crippen MR) is 88.8 cm³/mol. The van der Waals surface area contributed by atoms with Crippen molar-refractivity contribution >= 4 is 34.0 Å². The first-order chi connectivity index (χ1) is 11.1. The maximum Gasteiger partial charge on any atom is 0.254 e. The summed E-state index contributed by atoms with van der Waals surface area (Å²) >= 11 is 1.50. The van der Waals surface area contributed by atoms with Gasteiger partial charge in [-0.05, 0) is 11.4 Å². The number of nitrogens with zero attached hydrogens (tertiary/aromatic N) is 2. The molecule has 1 unspecified atom stereocenters. The van der Waals surface area contributed by atoms with Crippen LogP contribution in [0.2, 0.25) is 0 Å². The summed E-state index contributed by atoms with van der Waals surface area (Å²) < 4.78 is 17.6. The van der Waals surface area contributed by atoms with Gasteiger partial charge in [0.1, 0.15) is 10.6 Å². The lowest BCUT2D eigenvalue weighted by molar-refractivity contribution is -0.131. The van der Waals surface area contributed by atoms with E-state index in [1.807, 2.05) is 16.8 Å². The van der Waals surface area contributed by atoms with Crippen molar-refractivity contribution in [2.45, 2.75) is 17.7 Å². The standard InChI is InChI=1S/C15H20N2O4S2/c1-21-8-7-17-13(18)11-23(20)15(17)3-5-16(6-4-15)14(19)12-2-9-22-10-12/h2,9-10H,3-8,11H2,1H3. The number of amides is 2. The lowest BCUT2D eigenvalue weighted by Crippen LogP contribution is -2.56. The quantitative estimate of drug-likeness (QED) is 0.805. The molecule has 0 aliphatic carbocycles. The zero-order chi connectivity index (χ0) is 16.4. The van der Waals surface area contributed by atoms with Gasteiger partial charge in [-0.2, -0.15) is 11.3 Å². The monoisotopic (exact) mass is 356 g/mol. The summed E-state index contributed by atoms with van der Waals surface area (Å²) in [5.41, 5.74) is 0.700. The molecule has 126 valence electrons. The van der Waals surface area contributed by atoms with E-state index in [1.54, 1.807) is 16.9 Å². The van der Waals surface area contributed by atoms with Crippen molar-refractivity contribution in [1.82, 2.24) is 9.80 Å². The van der Waals surface area contributed by atoms with Crippen LogP contribution in [0.1, 0.15) is 23.2 Å². The number of methoxy groups -OCH3 is 1. The van der Waals surface area contributed by atoms with Gasteiger partial charge in [0.2, 0.25) is 5.91 Å². The lowest BCUT2D eigenvalue weighted by atomic mass is 10.0. The number of carbonyl (C=O) groups is 2. The molecule has 2 aliphatic heterocycles. The fourth-order valence-electron chi connectivity index (χ4n) is 3.31. The summed E-state index contributed by atoms with van der Waals surface area (Å²) in [5, 5.41) is 3.73. The third-order valence-corrected chi connectivity index (χ3v) is 7.26. The molecule has 2 amide bonds. The Morgan fingerprint density at radius 3 is 2.78 bits per heavy atom. The first-order valence-corrected chi connectivity index (χ1v) is 9.84. The Balaban J connectivity index is 1.71. The van der Waals surface area contributed by atoms with Crippen molar-refractivity contribution < 1.29 is 18.5 Å². The van der Waals surface area contributed by atoms with E-state index in [1.165, 1.54) is 11.3 Å². The van der Waals surface area contributed by atoms with Crippen LogP contribution in [0.25, 0.3) is 0 Å². The molecule has 2 aliphatic rings. The second-order valence-corrected chi connectivity index (χ2v) is 8.30. The summed E-state index contributed by atoms with van der Waals surface area (Å²) in [7, 11) is 0.378. The van der Waals surface area contributed by atoms with Gasteiger partial charge in [-0.25, -0.2) is 0 Å². The molecular formula is C15H20N2O4S2. The molecule has 8 heteroatoms. The molecule has 3 heterocycles. The number of hydrogen-bond donors (Lipinski definition) is 0. The Hall–Kier alpha value is -1.25. The van der Waals surface area contributed by atoms with Crippen LogP contribution in [0.5, 0.6) is 0 Å². The van der Waals surface area contributed by atoms with Gasteiger partial charge < -0.3 is 14.5 Å². The van der Waals surface area contributed by atoms with Crippen LogP contribution < -0.4 is 0 Å². The molecule has 23 heavy (non-hydrogen) atoms. The first kappa shape index (κ1) is 16.6. The average molecular weight is 356 g/mol. The molecule has 2 fully saturated rings. The van der Waals surface area contributed by atoms with Crippen LogP contribution in [-0.4, -0.2) is 69.8 Å². The van der Waals surface area contributed by atoms with Crippen molar-refractivity contribution in [3.8, 4) is 0 Å². The number of ether oxygens (including phenoxy) is 1. The van der Waals surface area contributed by atoms with E-state index in [2.05, 4.69) is 0 Å². The molecule has 0 radical (unpaired) electrons. The van der Waals surface area contributed by atoms with Gasteiger partial charge >= 0.3 is 0 Å². The van der Waals surface area contributed by atoms with Crippen molar-refractivity contribution in [2.24, 2.45) is 0 Å². The van der Waals surface area contributed by atoms with Crippen LogP contribution in [0, 0.1) is 0 Å². The molecule has 0 aromatic carbocycles. The summed E-state index contributed by atoms with van der Waals surface area (Å²) in [4.78, 5) is 27.5. The smallest absolute Gasteiger partial charge is 0.254 e. The molecule has 0 N–H and O–H groups in total. The van der Waals surface area contributed by atoms with Crippen LogP contribution in [-0.2, 0) is 20.3 Å². The fraction of sp³-hybridized carbons (Fsp3) is 0.600. The molecule has 1 aromatic heterocycles. The Morgan fingerprint density at radius 2 is 2.17 bits per heavy atom. The van der Waals surface area contributed by atoms with E-state index in [0.29, 0.717) is 44.6 Å². The Morgan fingerprint density at radius 1 is 1.43 bits per heavy atom. The van der Waals surface area contributed by atoms with Gasteiger partial charge in [-0.3, -0.25) is 13.8 Å². The predicted octanol–water partition coefficient (Wildman–Crippen LogP) is 0.918. The largest absolute Gasteiger partial charge is 0.383 e. The Bertz CT molecular complexity index is 609. The minimum atomic E-state index is -1.21. The molecule has 0 saturated carbocycles. The summed E-state index contributed by atoms with van der Waals surface area (Å²) in [5.74, 6) is 0.0278. The normalized spacial score (nSPS) is 23.7. The van der Waals surface area contributed by atoms with E-state index < -0.39 is 15.7 Å². The zero-order valence-corrected chi connectivity index (χ0v) is 14.7. The molecular weight excluding hydrogens is 336 g/mol. The zero-order valence-electron chi connectivity index (χ0n) is 13.0. The number of piperidine rings is 1. The van der Waals surface area contributed by atoms with Crippen molar-refractivity contribution in [2.75, 3.05) is 39.1 Å². The molecule has 6 nitrogen and oxygen atoms in total. The number of carbonyl (C=O) groups excluding carboxylic acids is 2. The van der Waals surface area contributed by atoms with Crippen LogP contribution in [0.15, 0.2) is 16.8 Å². The number of rotatable bonds is 4.